The molecule has 1 N–H and O–H groups in total. The molecule has 29 heavy (non-hydrogen) atoms. The normalized spacial score (nSPS) is 19.4. The van der Waals surface area contributed by atoms with Gasteiger partial charge in [-0.15, -0.1) is 0 Å². The van der Waals surface area contributed by atoms with Crippen molar-refractivity contribution in [2.75, 3.05) is 74.5 Å². The lowest BCUT2D eigenvalue weighted by Crippen LogP contribution is -2.52. The molecule has 0 unspecified atom stereocenters. The zero-order valence-electron chi connectivity index (χ0n) is 16.9. The van der Waals surface area contributed by atoms with E-state index in [9.17, 15) is 12.8 Å². The Kier molecular flexibility index (Phi) is 8.02. The lowest BCUT2D eigenvalue weighted by atomic mass is 10.2. The van der Waals surface area contributed by atoms with Gasteiger partial charge in [-0.25, -0.2) is 17.1 Å². The van der Waals surface area contributed by atoms with Crippen molar-refractivity contribution in [2.45, 2.75) is 6.92 Å². The number of hydrogen-bond donors (Lipinski definition) is 1. The average molecular weight is 444 g/mol. The highest BCUT2D eigenvalue weighted by atomic mass is 32.2. The maximum atomic E-state index is 13.1. The third-order valence-corrected chi connectivity index (χ3v) is 7.87. The Bertz CT molecular complexity index is 774. The van der Waals surface area contributed by atoms with Gasteiger partial charge >= 0.3 is 0 Å². The largest absolute Gasteiger partial charge is 0.368 e. The second-order valence-corrected chi connectivity index (χ2v) is 10.3. The van der Waals surface area contributed by atoms with Crippen LogP contribution in [0.15, 0.2) is 29.3 Å². The van der Waals surface area contributed by atoms with Gasteiger partial charge in [0.15, 0.2) is 5.96 Å². The van der Waals surface area contributed by atoms with Gasteiger partial charge < -0.3 is 15.1 Å². The molecule has 0 saturated carbocycles. The number of anilines is 1. The van der Waals surface area contributed by atoms with E-state index in [-0.39, 0.29) is 18.1 Å². The number of sulfonamides is 1. The van der Waals surface area contributed by atoms with Crippen LogP contribution in [-0.2, 0) is 10.0 Å². The van der Waals surface area contributed by atoms with E-state index in [0.717, 1.165) is 55.9 Å². The van der Waals surface area contributed by atoms with Crippen LogP contribution in [0.5, 0.6) is 0 Å². The van der Waals surface area contributed by atoms with Gasteiger partial charge in [-0.3, -0.25) is 4.99 Å². The quantitative estimate of drug-likeness (QED) is 0.528. The minimum atomic E-state index is -3.25. The number of nitrogens with one attached hydrogen (secondary N) is 1. The van der Waals surface area contributed by atoms with Crippen LogP contribution in [0.4, 0.5) is 10.1 Å². The average Bonchev–Trinajstić information content (AvgIpc) is 2.74. The van der Waals surface area contributed by atoms with Crippen molar-refractivity contribution >= 4 is 33.4 Å². The summed E-state index contributed by atoms with van der Waals surface area (Å²) in [7, 11) is -3.25. The van der Waals surface area contributed by atoms with Crippen molar-refractivity contribution in [2.24, 2.45) is 4.99 Å². The first-order chi connectivity index (χ1) is 14.0. The Labute approximate surface area is 177 Å². The third kappa shape index (κ3) is 6.23. The van der Waals surface area contributed by atoms with E-state index in [0.29, 0.717) is 13.1 Å². The first kappa shape index (κ1) is 22.2. The van der Waals surface area contributed by atoms with Crippen LogP contribution in [0.3, 0.4) is 0 Å². The number of piperazine rings is 1. The Morgan fingerprint density at radius 3 is 2.38 bits per heavy atom. The van der Waals surface area contributed by atoms with Crippen molar-refractivity contribution in [3.63, 3.8) is 0 Å². The summed E-state index contributed by atoms with van der Waals surface area (Å²) in [6.07, 6.45) is 0. The van der Waals surface area contributed by atoms with Crippen molar-refractivity contribution in [3.05, 3.63) is 30.1 Å². The zero-order valence-corrected chi connectivity index (χ0v) is 18.5. The molecule has 0 aromatic heterocycles. The van der Waals surface area contributed by atoms with Gasteiger partial charge in [0.25, 0.3) is 0 Å². The summed E-state index contributed by atoms with van der Waals surface area (Å²) in [5.74, 6) is 2.30. The van der Waals surface area contributed by atoms with Crippen LogP contribution in [0.1, 0.15) is 6.92 Å². The summed E-state index contributed by atoms with van der Waals surface area (Å²) < 4.78 is 39.7. The molecule has 0 amide bonds. The van der Waals surface area contributed by atoms with Crippen molar-refractivity contribution in [3.8, 4) is 0 Å². The number of hydrogen-bond acceptors (Lipinski definition) is 5. The monoisotopic (exact) mass is 443 g/mol. The smallest absolute Gasteiger partial charge is 0.215 e. The van der Waals surface area contributed by atoms with Crippen molar-refractivity contribution in [1.29, 1.82) is 0 Å². The molecule has 0 aliphatic carbocycles. The fraction of sp³-hybridized carbons (Fsp3) is 0.632. The molecule has 162 valence electrons. The standard InChI is InChI=1S/C19H30FN5O2S2/c1-2-21-19(22-7-16-29(26,27)25-12-14-28-15-13-25)24-10-8-23(9-11-24)18-5-3-17(20)4-6-18/h3-6H,2,7-16H2,1H3,(H,21,22). The van der Waals surface area contributed by atoms with E-state index in [4.69, 9.17) is 0 Å². The molecular formula is C19H30FN5O2S2. The minimum absolute atomic E-state index is 0.0438. The molecule has 1 aromatic carbocycles. The SMILES string of the molecule is CCNC(=NCCS(=O)(=O)N1CCSCC1)N1CCN(c2ccc(F)cc2)CC1. The summed E-state index contributed by atoms with van der Waals surface area (Å²) in [6.45, 7) is 7.36. The number of nitrogens with zero attached hydrogens (tertiary/aromatic N) is 4. The molecule has 2 saturated heterocycles. The van der Waals surface area contributed by atoms with E-state index < -0.39 is 10.0 Å². The summed E-state index contributed by atoms with van der Waals surface area (Å²) >= 11 is 1.80. The molecule has 2 aliphatic heterocycles. The van der Waals surface area contributed by atoms with Gasteiger partial charge in [0.1, 0.15) is 5.82 Å². The molecule has 0 spiro atoms. The van der Waals surface area contributed by atoms with Gasteiger partial charge in [-0.2, -0.15) is 11.8 Å². The molecule has 7 nitrogen and oxygen atoms in total. The number of guanidine groups is 1. The summed E-state index contributed by atoms with van der Waals surface area (Å²) in [6, 6.07) is 6.56. The zero-order chi connectivity index (χ0) is 20.7. The van der Waals surface area contributed by atoms with E-state index in [1.54, 1.807) is 28.2 Å². The van der Waals surface area contributed by atoms with E-state index >= 15 is 0 Å². The molecule has 0 atom stereocenters. The molecule has 2 heterocycles. The highest BCUT2D eigenvalue weighted by molar-refractivity contribution is 7.99. The second kappa shape index (κ2) is 10.5. The van der Waals surface area contributed by atoms with Gasteiger partial charge in [0.2, 0.25) is 10.0 Å². The van der Waals surface area contributed by atoms with E-state index in [1.165, 1.54) is 12.1 Å². The predicted molar refractivity (Wildman–Crippen MR) is 119 cm³/mol. The first-order valence-electron chi connectivity index (χ1n) is 10.1. The maximum absolute atomic E-state index is 13.1. The number of rotatable bonds is 6. The van der Waals surface area contributed by atoms with Gasteiger partial charge in [-0.05, 0) is 31.2 Å². The third-order valence-electron chi connectivity index (χ3n) is 5.08. The maximum Gasteiger partial charge on any atom is 0.215 e. The highest BCUT2D eigenvalue weighted by Crippen LogP contribution is 2.17. The number of halogens is 1. The number of thioether (sulfide) groups is 1. The van der Waals surface area contributed by atoms with Crippen LogP contribution >= 0.6 is 11.8 Å². The van der Waals surface area contributed by atoms with E-state index in [2.05, 4.69) is 20.1 Å². The molecule has 0 bridgehead atoms. The molecule has 3 rings (SSSR count). The molecule has 1 aromatic rings. The van der Waals surface area contributed by atoms with Crippen molar-refractivity contribution < 1.29 is 12.8 Å². The van der Waals surface area contributed by atoms with Crippen LogP contribution < -0.4 is 10.2 Å². The van der Waals surface area contributed by atoms with E-state index in [1.807, 2.05) is 6.92 Å². The second-order valence-electron chi connectivity index (χ2n) is 7.01. The Morgan fingerprint density at radius 1 is 1.10 bits per heavy atom. The molecule has 2 fully saturated rings. The van der Waals surface area contributed by atoms with Crippen LogP contribution in [-0.4, -0.2) is 93.2 Å². The van der Waals surface area contributed by atoms with Gasteiger partial charge in [0, 0.05) is 63.0 Å². The predicted octanol–water partition coefficient (Wildman–Crippen LogP) is 1.29. The van der Waals surface area contributed by atoms with Crippen LogP contribution in [0, 0.1) is 5.82 Å². The first-order valence-corrected chi connectivity index (χ1v) is 12.9. The number of benzene rings is 1. The molecule has 0 radical (unpaired) electrons. The fourth-order valence-electron chi connectivity index (χ4n) is 3.47. The molecular weight excluding hydrogens is 413 g/mol. The lowest BCUT2D eigenvalue weighted by Gasteiger charge is -2.37. The van der Waals surface area contributed by atoms with Gasteiger partial charge in [0.05, 0.1) is 12.3 Å². The van der Waals surface area contributed by atoms with Crippen molar-refractivity contribution in [1.82, 2.24) is 14.5 Å². The lowest BCUT2D eigenvalue weighted by molar-refractivity contribution is 0.373. The fourth-order valence-corrected chi connectivity index (χ4v) is 5.93. The minimum Gasteiger partial charge on any atom is -0.368 e. The van der Waals surface area contributed by atoms with Crippen LogP contribution in [0.2, 0.25) is 0 Å². The number of aliphatic imine (C=N–C) groups is 1. The molecule has 10 heteroatoms. The molecule has 2 aliphatic rings. The Balaban J connectivity index is 1.54. The summed E-state index contributed by atoms with van der Waals surface area (Å²) in [5, 5.41) is 3.28. The Morgan fingerprint density at radius 2 is 1.76 bits per heavy atom. The summed E-state index contributed by atoms with van der Waals surface area (Å²) in [5.41, 5.74) is 1.01. The van der Waals surface area contributed by atoms with Crippen LogP contribution in [0.25, 0.3) is 0 Å². The Hall–Kier alpha value is -1.52. The highest BCUT2D eigenvalue weighted by Gasteiger charge is 2.24. The summed E-state index contributed by atoms with van der Waals surface area (Å²) in [4.78, 5) is 8.96. The van der Waals surface area contributed by atoms with Gasteiger partial charge in [-0.1, -0.05) is 0 Å². The topological polar surface area (TPSA) is 68.2 Å².